The maximum Gasteiger partial charge on any atom is 0.0702 e. The Labute approximate surface area is 68.0 Å². The molecule has 0 aliphatic carbocycles. The Balaban J connectivity index is 2.33. The van der Waals surface area contributed by atoms with Crippen molar-refractivity contribution in [3.8, 4) is 0 Å². The summed E-state index contributed by atoms with van der Waals surface area (Å²) in [5.41, 5.74) is 0. The fourth-order valence-electron chi connectivity index (χ4n) is 1.62. The first-order valence-electron chi connectivity index (χ1n) is 4.18. The smallest absolute Gasteiger partial charge is 0.0702 e. The first-order chi connectivity index (χ1) is 5.25. The first kappa shape index (κ1) is 8.97. The molecule has 1 rings (SSSR count). The molecule has 0 spiro atoms. The molecule has 1 heterocycles. The summed E-state index contributed by atoms with van der Waals surface area (Å²) < 4.78 is 5.41. The normalized spacial score (nSPS) is 31.6. The van der Waals surface area contributed by atoms with Crippen molar-refractivity contribution >= 4 is 0 Å². The maximum absolute atomic E-state index is 8.70. The Morgan fingerprint density at radius 1 is 1.64 bits per heavy atom. The molecule has 3 nitrogen and oxygen atoms in total. The average Bonchev–Trinajstić information content (AvgIpc) is 2.36. The van der Waals surface area contributed by atoms with Crippen molar-refractivity contribution < 1.29 is 9.84 Å². The van der Waals surface area contributed by atoms with Crippen LogP contribution in [0.15, 0.2) is 0 Å². The summed E-state index contributed by atoms with van der Waals surface area (Å²) in [6.07, 6.45) is 1.42. The highest BCUT2D eigenvalue weighted by molar-refractivity contribution is 4.79. The van der Waals surface area contributed by atoms with Crippen molar-refractivity contribution in [1.29, 1.82) is 0 Å². The minimum absolute atomic E-state index is 0.236. The second-order valence-corrected chi connectivity index (χ2v) is 3.14. The van der Waals surface area contributed by atoms with Gasteiger partial charge in [-0.2, -0.15) is 0 Å². The van der Waals surface area contributed by atoms with Gasteiger partial charge in [0.2, 0.25) is 0 Å². The van der Waals surface area contributed by atoms with E-state index in [-0.39, 0.29) is 6.61 Å². The second kappa shape index (κ2) is 4.04. The van der Waals surface area contributed by atoms with Gasteiger partial charge in [0, 0.05) is 19.2 Å². The molecule has 0 aromatic carbocycles. The summed E-state index contributed by atoms with van der Waals surface area (Å²) in [6, 6.07) is 0.502. The van der Waals surface area contributed by atoms with Crippen molar-refractivity contribution in [2.45, 2.75) is 25.5 Å². The molecule has 3 heteroatoms. The summed E-state index contributed by atoms with van der Waals surface area (Å²) in [5, 5.41) is 8.70. The molecule has 11 heavy (non-hydrogen) atoms. The third kappa shape index (κ3) is 2.15. The number of aliphatic hydroxyl groups is 1. The number of ether oxygens (including phenoxy) is 1. The number of aliphatic hydroxyl groups excluding tert-OH is 1. The van der Waals surface area contributed by atoms with Crippen LogP contribution < -0.4 is 0 Å². The standard InChI is InChI=1S/C8H17NO2/c1-7-8(3-6-11-7)9(2)4-5-10/h7-8,10H,3-6H2,1-2H3. The van der Waals surface area contributed by atoms with Gasteiger partial charge in [-0.1, -0.05) is 0 Å². The van der Waals surface area contributed by atoms with E-state index >= 15 is 0 Å². The van der Waals surface area contributed by atoms with Crippen LogP contribution >= 0.6 is 0 Å². The van der Waals surface area contributed by atoms with Gasteiger partial charge in [-0.05, 0) is 20.4 Å². The van der Waals surface area contributed by atoms with Crippen molar-refractivity contribution in [2.75, 3.05) is 26.8 Å². The lowest BCUT2D eigenvalue weighted by Gasteiger charge is -2.25. The predicted octanol–water partition coefficient (Wildman–Crippen LogP) is 0.0879. The molecule has 0 bridgehead atoms. The number of rotatable bonds is 3. The highest BCUT2D eigenvalue weighted by atomic mass is 16.5. The molecule has 1 N–H and O–H groups in total. The maximum atomic E-state index is 8.70. The molecule has 0 aromatic rings. The zero-order chi connectivity index (χ0) is 8.27. The summed E-state index contributed by atoms with van der Waals surface area (Å²) in [6.45, 7) is 3.94. The topological polar surface area (TPSA) is 32.7 Å². The van der Waals surface area contributed by atoms with Crippen molar-refractivity contribution in [3.63, 3.8) is 0 Å². The second-order valence-electron chi connectivity index (χ2n) is 3.14. The molecule has 1 fully saturated rings. The quantitative estimate of drug-likeness (QED) is 0.633. The molecule has 2 unspecified atom stereocenters. The number of nitrogens with zero attached hydrogens (tertiary/aromatic N) is 1. The van der Waals surface area contributed by atoms with E-state index in [2.05, 4.69) is 11.8 Å². The van der Waals surface area contributed by atoms with Gasteiger partial charge in [0.15, 0.2) is 0 Å². The zero-order valence-corrected chi connectivity index (χ0v) is 7.29. The van der Waals surface area contributed by atoms with Crippen LogP contribution in [-0.4, -0.2) is 49.0 Å². The third-order valence-electron chi connectivity index (χ3n) is 2.36. The van der Waals surface area contributed by atoms with E-state index in [4.69, 9.17) is 9.84 Å². The van der Waals surface area contributed by atoms with Crippen molar-refractivity contribution in [3.05, 3.63) is 0 Å². The van der Waals surface area contributed by atoms with E-state index in [0.717, 1.165) is 19.6 Å². The molecule has 66 valence electrons. The molecular weight excluding hydrogens is 142 g/mol. The first-order valence-corrected chi connectivity index (χ1v) is 4.18. The van der Waals surface area contributed by atoms with Gasteiger partial charge in [0.05, 0.1) is 12.7 Å². The van der Waals surface area contributed by atoms with Gasteiger partial charge in [0.1, 0.15) is 0 Å². The van der Waals surface area contributed by atoms with Crippen LogP contribution in [0.1, 0.15) is 13.3 Å². The van der Waals surface area contributed by atoms with E-state index in [1.807, 2.05) is 7.05 Å². The molecule has 1 saturated heterocycles. The third-order valence-corrected chi connectivity index (χ3v) is 2.36. The predicted molar refractivity (Wildman–Crippen MR) is 43.5 cm³/mol. The fraction of sp³-hybridized carbons (Fsp3) is 1.00. The van der Waals surface area contributed by atoms with Gasteiger partial charge in [-0.15, -0.1) is 0 Å². The van der Waals surface area contributed by atoms with Crippen molar-refractivity contribution in [2.24, 2.45) is 0 Å². The van der Waals surface area contributed by atoms with E-state index in [1.54, 1.807) is 0 Å². The Bertz CT molecular complexity index is 119. The van der Waals surface area contributed by atoms with Crippen molar-refractivity contribution in [1.82, 2.24) is 4.90 Å². The van der Waals surface area contributed by atoms with Gasteiger partial charge in [0.25, 0.3) is 0 Å². The fourth-order valence-corrected chi connectivity index (χ4v) is 1.62. The van der Waals surface area contributed by atoms with E-state index in [0.29, 0.717) is 12.1 Å². The van der Waals surface area contributed by atoms with E-state index in [1.165, 1.54) is 0 Å². The van der Waals surface area contributed by atoms with Crippen LogP contribution in [0.25, 0.3) is 0 Å². The van der Waals surface area contributed by atoms with Crippen LogP contribution in [0.3, 0.4) is 0 Å². The molecule has 1 aliphatic rings. The minimum Gasteiger partial charge on any atom is -0.395 e. The lowest BCUT2D eigenvalue weighted by molar-refractivity contribution is 0.0772. The molecule has 1 aliphatic heterocycles. The highest BCUT2D eigenvalue weighted by Gasteiger charge is 2.26. The molecule has 0 saturated carbocycles. The molecular formula is C8H17NO2. The Kier molecular flexibility index (Phi) is 3.30. The van der Waals surface area contributed by atoms with Gasteiger partial charge < -0.3 is 9.84 Å². The summed E-state index contributed by atoms with van der Waals surface area (Å²) in [7, 11) is 2.03. The van der Waals surface area contributed by atoms with Gasteiger partial charge in [-0.25, -0.2) is 0 Å². The SMILES string of the molecule is CC1OCCC1N(C)CCO. The average molecular weight is 159 g/mol. The van der Waals surface area contributed by atoms with E-state index < -0.39 is 0 Å². The summed E-state index contributed by atoms with van der Waals surface area (Å²) in [5.74, 6) is 0. The number of likely N-dealkylation sites (N-methyl/N-ethyl adjacent to an activating group) is 1. The molecule has 0 radical (unpaired) electrons. The van der Waals surface area contributed by atoms with Gasteiger partial charge >= 0.3 is 0 Å². The molecule has 0 aromatic heterocycles. The van der Waals surface area contributed by atoms with Crippen LogP contribution in [0.2, 0.25) is 0 Å². The lowest BCUT2D eigenvalue weighted by Crippen LogP contribution is -2.38. The molecule has 0 amide bonds. The Hall–Kier alpha value is -0.120. The van der Waals surface area contributed by atoms with Gasteiger partial charge in [-0.3, -0.25) is 4.90 Å². The number of hydrogen-bond donors (Lipinski definition) is 1. The Morgan fingerprint density at radius 3 is 2.82 bits per heavy atom. The molecule has 2 atom stereocenters. The van der Waals surface area contributed by atoms with Crippen LogP contribution in [0.4, 0.5) is 0 Å². The highest BCUT2D eigenvalue weighted by Crippen LogP contribution is 2.17. The lowest BCUT2D eigenvalue weighted by atomic mass is 10.1. The Morgan fingerprint density at radius 2 is 2.36 bits per heavy atom. The largest absolute Gasteiger partial charge is 0.395 e. The monoisotopic (exact) mass is 159 g/mol. The minimum atomic E-state index is 0.236. The van der Waals surface area contributed by atoms with Crippen LogP contribution in [-0.2, 0) is 4.74 Å². The van der Waals surface area contributed by atoms with Crippen LogP contribution in [0, 0.1) is 0 Å². The van der Waals surface area contributed by atoms with Crippen LogP contribution in [0.5, 0.6) is 0 Å². The van der Waals surface area contributed by atoms with E-state index in [9.17, 15) is 0 Å². The zero-order valence-electron chi connectivity index (χ0n) is 7.29. The summed E-state index contributed by atoms with van der Waals surface area (Å²) in [4.78, 5) is 2.16. The number of hydrogen-bond acceptors (Lipinski definition) is 3. The summed E-state index contributed by atoms with van der Waals surface area (Å²) >= 11 is 0.